The first-order valence-corrected chi connectivity index (χ1v) is 8.06. The number of nitrogens with zero attached hydrogens (tertiary/aromatic N) is 2. The van der Waals surface area contributed by atoms with Crippen LogP contribution in [0.3, 0.4) is 0 Å². The second-order valence-corrected chi connectivity index (χ2v) is 6.58. The average Bonchev–Trinajstić information content (AvgIpc) is 2.86. The van der Waals surface area contributed by atoms with E-state index in [-0.39, 0.29) is 0 Å². The van der Waals surface area contributed by atoms with Crippen molar-refractivity contribution in [3.8, 4) is 0 Å². The molecule has 0 spiro atoms. The van der Waals surface area contributed by atoms with E-state index in [0.29, 0.717) is 11.5 Å². The Bertz CT molecular complexity index is 400. The molecule has 0 aromatic carbocycles. The molecule has 0 aliphatic heterocycles. The molecular weight excluding hydrogens is 234 g/mol. The molecule has 0 radical (unpaired) electrons. The molecule has 2 aliphatic rings. The van der Waals surface area contributed by atoms with Gasteiger partial charge < -0.3 is 5.32 Å². The molecule has 0 saturated heterocycles. The van der Waals surface area contributed by atoms with E-state index in [4.69, 9.17) is 5.10 Å². The van der Waals surface area contributed by atoms with E-state index >= 15 is 0 Å². The van der Waals surface area contributed by atoms with Crippen molar-refractivity contribution in [2.45, 2.75) is 64.3 Å². The van der Waals surface area contributed by atoms with Gasteiger partial charge >= 0.3 is 0 Å². The second kappa shape index (κ2) is 5.66. The Labute approximate surface area is 116 Å². The van der Waals surface area contributed by atoms with E-state index in [1.165, 1.54) is 63.6 Å². The lowest BCUT2D eigenvalue weighted by Crippen LogP contribution is -2.26. The van der Waals surface area contributed by atoms with Crippen LogP contribution >= 0.6 is 0 Å². The maximum Gasteiger partial charge on any atom is 0.0630 e. The predicted molar refractivity (Wildman–Crippen MR) is 78.3 cm³/mol. The largest absolute Gasteiger partial charge is 0.316 e. The van der Waals surface area contributed by atoms with Crippen LogP contribution in [0, 0.1) is 5.41 Å². The lowest BCUT2D eigenvalue weighted by molar-refractivity contribution is 0.433. The van der Waals surface area contributed by atoms with Crippen LogP contribution in [0.1, 0.15) is 63.6 Å². The van der Waals surface area contributed by atoms with Gasteiger partial charge in [-0.15, -0.1) is 0 Å². The van der Waals surface area contributed by atoms with Crippen molar-refractivity contribution in [3.05, 3.63) is 18.0 Å². The molecule has 0 atom stereocenters. The zero-order chi connectivity index (χ0) is 13.1. The number of nitrogens with one attached hydrogen (secondary N) is 1. The lowest BCUT2D eigenvalue weighted by Gasteiger charge is -2.14. The van der Waals surface area contributed by atoms with Crippen molar-refractivity contribution >= 4 is 0 Å². The van der Waals surface area contributed by atoms with Gasteiger partial charge in [-0.05, 0) is 56.6 Å². The molecule has 2 saturated carbocycles. The lowest BCUT2D eigenvalue weighted by atomic mass is 10.0. The number of aromatic nitrogens is 2. The van der Waals surface area contributed by atoms with Gasteiger partial charge in [-0.3, -0.25) is 4.68 Å². The van der Waals surface area contributed by atoms with E-state index in [1.807, 2.05) is 0 Å². The fourth-order valence-electron chi connectivity index (χ4n) is 3.35. The van der Waals surface area contributed by atoms with Gasteiger partial charge in [-0.1, -0.05) is 19.8 Å². The summed E-state index contributed by atoms with van der Waals surface area (Å²) in [7, 11) is 0. The van der Waals surface area contributed by atoms with E-state index in [9.17, 15) is 0 Å². The van der Waals surface area contributed by atoms with Gasteiger partial charge in [0.15, 0.2) is 0 Å². The molecule has 1 aromatic heterocycles. The first-order chi connectivity index (χ1) is 9.31. The topological polar surface area (TPSA) is 29.9 Å². The Morgan fingerprint density at radius 2 is 2.16 bits per heavy atom. The van der Waals surface area contributed by atoms with Crippen LogP contribution in [0.5, 0.6) is 0 Å². The van der Waals surface area contributed by atoms with Gasteiger partial charge in [0.25, 0.3) is 0 Å². The van der Waals surface area contributed by atoms with Gasteiger partial charge in [-0.25, -0.2) is 0 Å². The maximum absolute atomic E-state index is 4.83. The Balaban J connectivity index is 1.54. The van der Waals surface area contributed by atoms with Crippen LogP contribution in [-0.4, -0.2) is 22.9 Å². The molecular formula is C16H27N3. The minimum Gasteiger partial charge on any atom is -0.316 e. The van der Waals surface area contributed by atoms with Crippen molar-refractivity contribution in [1.29, 1.82) is 0 Å². The van der Waals surface area contributed by atoms with Crippen molar-refractivity contribution in [3.63, 3.8) is 0 Å². The Morgan fingerprint density at radius 3 is 2.84 bits per heavy atom. The summed E-state index contributed by atoms with van der Waals surface area (Å²) in [6.07, 6.45) is 12.8. The van der Waals surface area contributed by atoms with Crippen LogP contribution in [0.4, 0.5) is 0 Å². The predicted octanol–water partition coefficient (Wildman–Crippen LogP) is 3.32. The fourth-order valence-corrected chi connectivity index (χ4v) is 3.35. The quantitative estimate of drug-likeness (QED) is 0.763. The summed E-state index contributed by atoms with van der Waals surface area (Å²) >= 11 is 0. The van der Waals surface area contributed by atoms with Gasteiger partial charge in [0.1, 0.15) is 0 Å². The standard InChI is InChI=1S/C16H27N3/c1-2-10-17-13-16(8-9-16)12-14-7-11-19(18-14)15-5-3-4-6-15/h7,11,15,17H,2-6,8-10,12-13H2,1H3. The molecule has 3 nitrogen and oxygen atoms in total. The monoisotopic (exact) mass is 261 g/mol. The number of hydrogen-bond acceptors (Lipinski definition) is 2. The highest BCUT2D eigenvalue weighted by molar-refractivity contribution is 5.09. The van der Waals surface area contributed by atoms with Crippen LogP contribution in [0.15, 0.2) is 12.3 Å². The summed E-state index contributed by atoms with van der Waals surface area (Å²) in [5, 5.41) is 8.42. The minimum absolute atomic E-state index is 0.532. The molecule has 3 heteroatoms. The van der Waals surface area contributed by atoms with Gasteiger partial charge in [0, 0.05) is 12.7 Å². The van der Waals surface area contributed by atoms with Crippen molar-refractivity contribution in [2.75, 3.05) is 13.1 Å². The Kier molecular flexibility index (Phi) is 3.92. The molecule has 2 aliphatic carbocycles. The van der Waals surface area contributed by atoms with Crippen molar-refractivity contribution < 1.29 is 0 Å². The summed E-state index contributed by atoms with van der Waals surface area (Å²) in [4.78, 5) is 0. The molecule has 1 heterocycles. The third-order valence-electron chi connectivity index (χ3n) is 4.80. The molecule has 0 amide bonds. The summed E-state index contributed by atoms with van der Waals surface area (Å²) in [5.41, 5.74) is 1.84. The molecule has 0 unspecified atom stereocenters. The number of hydrogen-bond donors (Lipinski definition) is 1. The fraction of sp³-hybridized carbons (Fsp3) is 0.812. The van der Waals surface area contributed by atoms with E-state index in [0.717, 1.165) is 6.54 Å². The SMILES string of the molecule is CCCNCC1(Cc2ccn(C3CCCC3)n2)CC1. The highest BCUT2D eigenvalue weighted by Gasteiger charge is 2.42. The maximum atomic E-state index is 4.83. The van der Waals surface area contributed by atoms with Crippen LogP contribution in [0.2, 0.25) is 0 Å². The Morgan fingerprint density at radius 1 is 1.37 bits per heavy atom. The van der Waals surface area contributed by atoms with Crippen LogP contribution in [-0.2, 0) is 6.42 Å². The zero-order valence-electron chi connectivity index (χ0n) is 12.2. The number of rotatable bonds is 7. The van der Waals surface area contributed by atoms with Crippen LogP contribution in [0.25, 0.3) is 0 Å². The second-order valence-electron chi connectivity index (χ2n) is 6.58. The summed E-state index contributed by atoms with van der Waals surface area (Å²) in [5.74, 6) is 0. The molecule has 1 aromatic rings. The smallest absolute Gasteiger partial charge is 0.0630 e. The van der Waals surface area contributed by atoms with E-state index in [1.54, 1.807) is 0 Å². The summed E-state index contributed by atoms with van der Waals surface area (Å²) < 4.78 is 2.23. The molecule has 2 fully saturated rings. The first kappa shape index (κ1) is 13.2. The molecule has 1 N–H and O–H groups in total. The zero-order valence-corrected chi connectivity index (χ0v) is 12.2. The molecule has 19 heavy (non-hydrogen) atoms. The van der Waals surface area contributed by atoms with Crippen molar-refractivity contribution in [2.24, 2.45) is 5.41 Å². The third-order valence-corrected chi connectivity index (χ3v) is 4.80. The third kappa shape index (κ3) is 3.19. The summed E-state index contributed by atoms with van der Waals surface area (Å²) in [6.45, 7) is 4.56. The average molecular weight is 261 g/mol. The Hall–Kier alpha value is -0.830. The normalized spacial score (nSPS) is 21.9. The van der Waals surface area contributed by atoms with Gasteiger partial charge in [-0.2, -0.15) is 5.10 Å². The highest BCUT2D eigenvalue weighted by Crippen LogP contribution is 2.47. The van der Waals surface area contributed by atoms with Crippen molar-refractivity contribution in [1.82, 2.24) is 15.1 Å². The highest BCUT2D eigenvalue weighted by atomic mass is 15.3. The summed E-state index contributed by atoms with van der Waals surface area (Å²) in [6, 6.07) is 2.93. The molecule has 3 rings (SSSR count). The molecule has 106 valence electrons. The molecule has 0 bridgehead atoms. The van der Waals surface area contributed by atoms with Gasteiger partial charge in [0.05, 0.1) is 11.7 Å². The van der Waals surface area contributed by atoms with Gasteiger partial charge in [0.2, 0.25) is 0 Å². The van der Waals surface area contributed by atoms with E-state index in [2.05, 4.69) is 29.2 Å². The van der Waals surface area contributed by atoms with E-state index < -0.39 is 0 Å². The minimum atomic E-state index is 0.532. The van der Waals surface area contributed by atoms with Crippen LogP contribution < -0.4 is 5.32 Å². The first-order valence-electron chi connectivity index (χ1n) is 8.06.